The van der Waals surface area contributed by atoms with Crippen LogP contribution in [0.3, 0.4) is 0 Å². The fourth-order valence-corrected chi connectivity index (χ4v) is 4.98. The number of halogens is 1. The Morgan fingerprint density at radius 3 is 2.73 bits per heavy atom. The standard InChI is InChI=1S/C23H23BrN4OS/c24-16-8-10-17(11-9-16)27-13-3-7-20(27)22-21(19-6-1-2-12-25-19)26-23(30)28(22)15-18-5-4-14-29-18/h1-3,6-13,18,21-22H,4-5,14-15H2,(H,26,30)/t18-,21+,22-/m0/s1. The van der Waals surface area contributed by atoms with Crippen molar-refractivity contribution in [2.45, 2.75) is 31.0 Å². The molecule has 0 amide bonds. The van der Waals surface area contributed by atoms with E-state index in [1.807, 2.05) is 18.3 Å². The number of hydrogen-bond acceptors (Lipinski definition) is 3. The van der Waals surface area contributed by atoms with E-state index in [9.17, 15) is 0 Å². The SMILES string of the molecule is S=C1N[C@H](c2ccccn2)[C@H](c2cccn2-c2ccc(Br)cc2)N1C[C@@H]1CCCO1. The van der Waals surface area contributed by atoms with Gasteiger partial charge in [-0.1, -0.05) is 22.0 Å². The van der Waals surface area contributed by atoms with E-state index >= 15 is 0 Å². The topological polar surface area (TPSA) is 42.3 Å². The highest BCUT2D eigenvalue weighted by molar-refractivity contribution is 9.10. The van der Waals surface area contributed by atoms with E-state index in [0.29, 0.717) is 0 Å². The van der Waals surface area contributed by atoms with Crippen LogP contribution in [0.1, 0.15) is 36.3 Å². The third kappa shape index (κ3) is 3.77. The Morgan fingerprint density at radius 1 is 1.13 bits per heavy atom. The van der Waals surface area contributed by atoms with E-state index in [-0.39, 0.29) is 18.2 Å². The van der Waals surface area contributed by atoms with E-state index in [1.165, 1.54) is 5.69 Å². The number of nitrogens with one attached hydrogen (secondary N) is 1. The van der Waals surface area contributed by atoms with Gasteiger partial charge < -0.3 is 19.5 Å². The van der Waals surface area contributed by atoms with Gasteiger partial charge in [-0.3, -0.25) is 4.98 Å². The Labute approximate surface area is 190 Å². The largest absolute Gasteiger partial charge is 0.376 e. The predicted octanol–water partition coefficient (Wildman–Crippen LogP) is 4.79. The molecule has 0 radical (unpaired) electrons. The van der Waals surface area contributed by atoms with Crippen LogP contribution in [0.15, 0.2) is 71.5 Å². The lowest BCUT2D eigenvalue weighted by Gasteiger charge is -2.30. The van der Waals surface area contributed by atoms with Gasteiger partial charge in [-0.25, -0.2) is 0 Å². The molecule has 1 aromatic carbocycles. The molecule has 154 valence electrons. The lowest BCUT2D eigenvalue weighted by Crippen LogP contribution is -2.36. The maximum Gasteiger partial charge on any atom is 0.170 e. The normalized spacial score (nSPS) is 23.7. The van der Waals surface area contributed by atoms with Crippen LogP contribution < -0.4 is 5.32 Å². The Morgan fingerprint density at radius 2 is 2.00 bits per heavy atom. The summed E-state index contributed by atoms with van der Waals surface area (Å²) in [6.45, 7) is 1.62. The average molecular weight is 483 g/mol. The van der Waals surface area contributed by atoms with Crippen molar-refractivity contribution in [1.29, 1.82) is 0 Å². The molecular formula is C23H23BrN4OS. The highest BCUT2D eigenvalue weighted by Gasteiger charge is 2.42. The van der Waals surface area contributed by atoms with Gasteiger partial charge in [0.2, 0.25) is 0 Å². The Bertz CT molecular complexity index is 1020. The van der Waals surface area contributed by atoms with E-state index in [0.717, 1.165) is 47.0 Å². The van der Waals surface area contributed by atoms with Crippen molar-refractivity contribution in [3.05, 3.63) is 82.9 Å². The van der Waals surface area contributed by atoms with E-state index in [4.69, 9.17) is 17.0 Å². The zero-order valence-electron chi connectivity index (χ0n) is 16.4. The molecule has 0 aliphatic carbocycles. The zero-order chi connectivity index (χ0) is 20.5. The number of benzene rings is 1. The molecule has 1 N–H and O–H groups in total. The average Bonchev–Trinajstić information content (AvgIpc) is 3.51. The van der Waals surface area contributed by atoms with Gasteiger partial charge >= 0.3 is 0 Å². The summed E-state index contributed by atoms with van der Waals surface area (Å²) < 4.78 is 9.25. The molecule has 2 aliphatic heterocycles. The van der Waals surface area contributed by atoms with Gasteiger partial charge in [-0.2, -0.15) is 0 Å². The third-order valence-corrected chi connectivity index (χ3v) is 6.69. The maximum absolute atomic E-state index is 5.94. The molecule has 2 saturated heterocycles. The maximum atomic E-state index is 5.94. The van der Waals surface area contributed by atoms with E-state index < -0.39 is 0 Å². The number of rotatable bonds is 5. The first-order chi connectivity index (χ1) is 14.7. The molecule has 2 aliphatic rings. The van der Waals surface area contributed by atoms with Crippen molar-refractivity contribution in [3.8, 4) is 5.69 Å². The van der Waals surface area contributed by atoms with Crippen molar-refractivity contribution in [2.75, 3.05) is 13.2 Å². The molecule has 2 aromatic heterocycles. The summed E-state index contributed by atoms with van der Waals surface area (Å²) in [5.41, 5.74) is 3.29. The van der Waals surface area contributed by atoms with Crippen LogP contribution in [-0.2, 0) is 4.74 Å². The van der Waals surface area contributed by atoms with Gasteiger partial charge in [-0.05, 0) is 73.6 Å². The van der Waals surface area contributed by atoms with Crippen LogP contribution in [0.4, 0.5) is 0 Å². The molecule has 0 spiro atoms. The highest BCUT2D eigenvalue weighted by Crippen LogP contribution is 2.40. The molecule has 2 fully saturated rings. The number of nitrogens with zero attached hydrogens (tertiary/aromatic N) is 3. The van der Waals surface area contributed by atoms with Gasteiger partial charge in [0.1, 0.15) is 0 Å². The van der Waals surface area contributed by atoms with Crippen LogP contribution in [0.5, 0.6) is 0 Å². The zero-order valence-corrected chi connectivity index (χ0v) is 18.8. The van der Waals surface area contributed by atoms with Crippen LogP contribution >= 0.6 is 28.1 Å². The lowest BCUT2D eigenvalue weighted by molar-refractivity contribution is 0.0836. The minimum atomic E-state index is -0.0239. The number of hydrogen-bond donors (Lipinski definition) is 1. The Kier molecular flexibility index (Phi) is 5.58. The van der Waals surface area contributed by atoms with Gasteiger partial charge in [0.25, 0.3) is 0 Å². The minimum Gasteiger partial charge on any atom is -0.376 e. The quantitative estimate of drug-likeness (QED) is 0.529. The van der Waals surface area contributed by atoms with Crippen molar-refractivity contribution in [1.82, 2.24) is 19.8 Å². The summed E-state index contributed by atoms with van der Waals surface area (Å²) in [4.78, 5) is 6.93. The number of pyridine rings is 1. The third-order valence-electron chi connectivity index (χ3n) is 5.81. The molecule has 0 saturated carbocycles. The fraction of sp³-hybridized carbons (Fsp3) is 0.304. The first-order valence-corrected chi connectivity index (χ1v) is 11.4. The van der Waals surface area contributed by atoms with Crippen LogP contribution in [-0.4, -0.2) is 38.8 Å². The number of aromatic nitrogens is 2. The number of thiocarbonyl (C=S) groups is 1. The van der Waals surface area contributed by atoms with Crippen molar-refractivity contribution in [2.24, 2.45) is 0 Å². The fourth-order valence-electron chi connectivity index (χ4n) is 4.40. The highest BCUT2D eigenvalue weighted by atomic mass is 79.9. The summed E-state index contributed by atoms with van der Waals surface area (Å²) in [6.07, 6.45) is 6.36. The lowest BCUT2D eigenvalue weighted by atomic mass is 10.0. The van der Waals surface area contributed by atoms with Gasteiger partial charge in [0.15, 0.2) is 5.11 Å². The monoisotopic (exact) mass is 482 g/mol. The van der Waals surface area contributed by atoms with Gasteiger partial charge in [0.05, 0.1) is 23.9 Å². The molecule has 30 heavy (non-hydrogen) atoms. The van der Waals surface area contributed by atoms with Gasteiger partial charge in [-0.15, -0.1) is 0 Å². The summed E-state index contributed by atoms with van der Waals surface area (Å²) in [6, 6.07) is 18.7. The smallest absolute Gasteiger partial charge is 0.170 e. The number of ether oxygens (including phenoxy) is 1. The molecule has 7 heteroatoms. The Balaban J connectivity index is 1.56. The van der Waals surface area contributed by atoms with Crippen LogP contribution in [0, 0.1) is 0 Å². The van der Waals surface area contributed by atoms with Gasteiger partial charge in [0, 0.05) is 41.4 Å². The second-order valence-electron chi connectivity index (χ2n) is 7.69. The second-order valence-corrected chi connectivity index (χ2v) is 9.00. The van der Waals surface area contributed by atoms with Crippen LogP contribution in [0.25, 0.3) is 5.69 Å². The molecule has 3 aromatic rings. The molecule has 5 rings (SSSR count). The molecule has 0 unspecified atom stereocenters. The van der Waals surface area contributed by atoms with E-state index in [2.05, 4.69) is 84.4 Å². The summed E-state index contributed by atoms with van der Waals surface area (Å²) in [5.74, 6) is 0. The van der Waals surface area contributed by atoms with Crippen molar-refractivity contribution < 1.29 is 4.74 Å². The molecule has 0 bridgehead atoms. The molecule has 3 atom stereocenters. The molecular weight excluding hydrogens is 460 g/mol. The minimum absolute atomic E-state index is 0.0234. The second kappa shape index (κ2) is 8.49. The Hall–Kier alpha value is -2.22. The molecule has 5 nitrogen and oxygen atoms in total. The molecule has 4 heterocycles. The van der Waals surface area contributed by atoms with E-state index in [1.54, 1.807) is 0 Å². The summed E-state index contributed by atoms with van der Waals surface area (Å²) in [5, 5.41) is 4.30. The van der Waals surface area contributed by atoms with Crippen molar-refractivity contribution >= 4 is 33.3 Å². The summed E-state index contributed by atoms with van der Waals surface area (Å²) in [7, 11) is 0. The predicted molar refractivity (Wildman–Crippen MR) is 125 cm³/mol. The van der Waals surface area contributed by atoms with Crippen molar-refractivity contribution in [3.63, 3.8) is 0 Å². The van der Waals surface area contributed by atoms with Crippen LogP contribution in [0.2, 0.25) is 0 Å². The first kappa shape index (κ1) is 19.7. The first-order valence-electron chi connectivity index (χ1n) is 10.2. The summed E-state index contributed by atoms with van der Waals surface area (Å²) >= 11 is 9.33.